The van der Waals surface area contributed by atoms with Crippen molar-refractivity contribution in [1.82, 2.24) is 10.2 Å². The van der Waals surface area contributed by atoms with Crippen LogP contribution < -0.4 is 14.8 Å². The maximum absolute atomic E-state index is 15.0. The molecule has 0 aromatic heterocycles. The van der Waals surface area contributed by atoms with Gasteiger partial charge in [-0.1, -0.05) is 12.1 Å². The molecule has 1 heterocycles. The van der Waals surface area contributed by atoms with E-state index in [0.29, 0.717) is 31.7 Å². The van der Waals surface area contributed by atoms with Crippen molar-refractivity contribution >= 4 is 17.8 Å². The van der Waals surface area contributed by atoms with Crippen LogP contribution in [0.15, 0.2) is 36.4 Å². The minimum atomic E-state index is -0.848. The molecule has 2 amide bonds. The molecule has 1 aliphatic rings. The van der Waals surface area contributed by atoms with Crippen molar-refractivity contribution in [3.05, 3.63) is 58.9 Å². The standard InChI is InChI=1S/C27H33FN2O7/c1-6-35-16-36-20-11-12-21(34-5)23(28)22(20)24(31)17-7-9-18(10-8-17)25(32)29-19-13-14-30(15-19)26(33)37-27(2,3)4/h7-12,19H,6,13-16H2,1-5H3,(H,29,32). The van der Waals surface area contributed by atoms with Crippen LogP contribution in [-0.4, -0.2) is 67.9 Å². The zero-order chi connectivity index (χ0) is 27.2. The molecule has 0 aliphatic carbocycles. The van der Waals surface area contributed by atoms with Gasteiger partial charge in [-0.15, -0.1) is 0 Å². The molecule has 0 bridgehead atoms. The highest BCUT2D eigenvalue weighted by atomic mass is 19.1. The molecule has 200 valence electrons. The van der Waals surface area contributed by atoms with Gasteiger partial charge in [0.1, 0.15) is 16.9 Å². The van der Waals surface area contributed by atoms with Gasteiger partial charge in [-0.2, -0.15) is 0 Å². The lowest BCUT2D eigenvalue weighted by molar-refractivity contribution is 0.0217. The fourth-order valence-electron chi connectivity index (χ4n) is 3.77. The van der Waals surface area contributed by atoms with E-state index in [0.717, 1.165) is 0 Å². The molecule has 3 rings (SSSR count). The second-order valence-corrected chi connectivity index (χ2v) is 9.50. The second kappa shape index (κ2) is 12.1. The first-order valence-electron chi connectivity index (χ1n) is 12.0. The zero-order valence-electron chi connectivity index (χ0n) is 21.8. The Kier molecular flexibility index (Phi) is 9.09. The van der Waals surface area contributed by atoms with Crippen LogP contribution >= 0.6 is 0 Å². The number of methoxy groups -OCH3 is 1. The van der Waals surface area contributed by atoms with E-state index in [2.05, 4.69) is 5.32 Å². The van der Waals surface area contributed by atoms with E-state index in [1.807, 2.05) is 0 Å². The summed E-state index contributed by atoms with van der Waals surface area (Å²) in [4.78, 5) is 39.7. The number of rotatable bonds is 9. The number of hydrogen-bond donors (Lipinski definition) is 1. The van der Waals surface area contributed by atoms with Crippen molar-refractivity contribution in [1.29, 1.82) is 0 Å². The van der Waals surface area contributed by atoms with Crippen LogP contribution in [0.1, 0.15) is 60.4 Å². The first kappa shape index (κ1) is 27.9. The van der Waals surface area contributed by atoms with Crippen molar-refractivity contribution < 1.29 is 37.7 Å². The number of benzene rings is 2. The fourth-order valence-corrected chi connectivity index (χ4v) is 3.77. The average molecular weight is 517 g/mol. The molecule has 1 atom stereocenters. The number of likely N-dealkylation sites (tertiary alicyclic amines) is 1. The SMILES string of the molecule is CCOCOc1ccc(OC)c(F)c1C(=O)c1ccc(C(=O)NC2CCN(C(=O)OC(C)(C)C)C2)cc1. The van der Waals surface area contributed by atoms with Crippen molar-refractivity contribution in [2.45, 2.75) is 45.8 Å². The number of halogens is 1. The third-order valence-electron chi connectivity index (χ3n) is 5.60. The third-order valence-corrected chi connectivity index (χ3v) is 5.60. The van der Waals surface area contributed by atoms with Crippen LogP contribution in [0.5, 0.6) is 11.5 Å². The molecule has 10 heteroatoms. The minimum Gasteiger partial charge on any atom is -0.494 e. The molecular weight excluding hydrogens is 483 g/mol. The topological polar surface area (TPSA) is 103 Å². The van der Waals surface area contributed by atoms with Gasteiger partial charge in [-0.3, -0.25) is 9.59 Å². The van der Waals surface area contributed by atoms with Crippen LogP contribution in [0.4, 0.5) is 9.18 Å². The number of nitrogens with one attached hydrogen (secondary N) is 1. The second-order valence-electron chi connectivity index (χ2n) is 9.50. The fraction of sp³-hybridized carbons (Fsp3) is 0.444. The van der Waals surface area contributed by atoms with Gasteiger partial charge in [-0.05, 0) is 58.4 Å². The van der Waals surface area contributed by atoms with Gasteiger partial charge < -0.3 is 29.2 Å². The van der Waals surface area contributed by atoms with Crippen molar-refractivity contribution in [2.24, 2.45) is 0 Å². The van der Waals surface area contributed by atoms with Gasteiger partial charge in [0.05, 0.1) is 7.11 Å². The Labute approximate surface area is 215 Å². The summed E-state index contributed by atoms with van der Waals surface area (Å²) < 4.78 is 36.0. The summed E-state index contributed by atoms with van der Waals surface area (Å²) in [6.07, 6.45) is 0.183. The largest absolute Gasteiger partial charge is 0.494 e. The third kappa shape index (κ3) is 7.19. The smallest absolute Gasteiger partial charge is 0.410 e. The molecule has 0 spiro atoms. The van der Waals surface area contributed by atoms with Crippen molar-refractivity contribution in [3.63, 3.8) is 0 Å². The van der Waals surface area contributed by atoms with Crippen LogP contribution in [0.2, 0.25) is 0 Å². The number of ether oxygens (including phenoxy) is 4. The predicted molar refractivity (Wildman–Crippen MR) is 134 cm³/mol. The van der Waals surface area contributed by atoms with E-state index in [9.17, 15) is 14.4 Å². The molecule has 0 saturated carbocycles. The summed E-state index contributed by atoms with van der Waals surface area (Å²) in [7, 11) is 1.30. The van der Waals surface area contributed by atoms with Crippen molar-refractivity contribution in [2.75, 3.05) is 33.6 Å². The Morgan fingerprint density at radius 1 is 1.05 bits per heavy atom. The Balaban J connectivity index is 1.68. The first-order valence-corrected chi connectivity index (χ1v) is 12.0. The normalized spacial score (nSPS) is 15.3. The Morgan fingerprint density at radius 2 is 1.70 bits per heavy atom. The molecule has 1 aliphatic heterocycles. The van der Waals surface area contributed by atoms with E-state index < -0.39 is 23.3 Å². The van der Waals surface area contributed by atoms with Crippen LogP contribution in [0.25, 0.3) is 0 Å². The highest BCUT2D eigenvalue weighted by Crippen LogP contribution is 2.31. The maximum Gasteiger partial charge on any atom is 0.410 e. The van der Waals surface area contributed by atoms with E-state index in [1.165, 1.54) is 43.5 Å². The van der Waals surface area contributed by atoms with Crippen LogP contribution in [0, 0.1) is 5.82 Å². The maximum atomic E-state index is 15.0. The monoisotopic (exact) mass is 516 g/mol. The molecule has 1 N–H and O–H groups in total. The summed E-state index contributed by atoms with van der Waals surface area (Å²) >= 11 is 0. The van der Waals surface area contributed by atoms with Gasteiger partial charge in [0.25, 0.3) is 5.91 Å². The summed E-state index contributed by atoms with van der Waals surface area (Å²) in [5, 5.41) is 2.90. The predicted octanol–water partition coefficient (Wildman–Crippen LogP) is 4.18. The first-order chi connectivity index (χ1) is 17.5. The van der Waals surface area contributed by atoms with Gasteiger partial charge in [0.2, 0.25) is 0 Å². The Hall–Kier alpha value is -3.66. The van der Waals surface area contributed by atoms with Crippen LogP contribution in [0.3, 0.4) is 0 Å². The summed E-state index contributed by atoms with van der Waals surface area (Å²) in [5.74, 6) is -1.89. The van der Waals surface area contributed by atoms with Gasteiger partial charge in [0.15, 0.2) is 24.1 Å². The van der Waals surface area contributed by atoms with E-state index in [1.54, 1.807) is 32.6 Å². The Bertz CT molecular complexity index is 1130. The summed E-state index contributed by atoms with van der Waals surface area (Å²) in [5.41, 5.74) is -0.390. The molecule has 1 saturated heterocycles. The average Bonchev–Trinajstić information content (AvgIpc) is 3.32. The van der Waals surface area contributed by atoms with E-state index in [4.69, 9.17) is 18.9 Å². The summed E-state index contributed by atoms with van der Waals surface area (Å²) in [6.45, 7) is 8.25. The quantitative estimate of drug-likeness (QED) is 0.303. The number of nitrogens with zero attached hydrogens (tertiary/aromatic N) is 1. The number of carbonyl (C=O) groups excluding carboxylic acids is 3. The van der Waals surface area contributed by atoms with E-state index >= 15 is 4.39 Å². The number of hydrogen-bond acceptors (Lipinski definition) is 7. The number of ketones is 1. The van der Waals surface area contributed by atoms with Gasteiger partial charge in [0, 0.05) is 36.9 Å². The van der Waals surface area contributed by atoms with Crippen molar-refractivity contribution in [3.8, 4) is 11.5 Å². The lowest BCUT2D eigenvalue weighted by atomic mass is 10.00. The molecule has 0 radical (unpaired) electrons. The molecule has 9 nitrogen and oxygen atoms in total. The molecule has 1 unspecified atom stereocenters. The lowest BCUT2D eigenvalue weighted by Gasteiger charge is -2.24. The van der Waals surface area contributed by atoms with Gasteiger partial charge >= 0.3 is 6.09 Å². The highest BCUT2D eigenvalue weighted by Gasteiger charge is 2.31. The lowest BCUT2D eigenvalue weighted by Crippen LogP contribution is -2.40. The Morgan fingerprint density at radius 3 is 2.32 bits per heavy atom. The molecular formula is C27H33FN2O7. The van der Waals surface area contributed by atoms with Gasteiger partial charge in [-0.25, -0.2) is 9.18 Å². The summed E-state index contributed by atoms with van der Waals surface area (Å²) in [6, 6.07) is 8.46. The van der Waals surface area contributed by atoms with E-state index in [-0.39, 0.29) is 41.4 Å². The highest BCUT2D eigenvalue weighted by molar-refractivity contribution is 6.11. The minimum absolute atomic E-state index is 0.0225. The number of carbonyl (C=O) groups is 3. The zero-order valence-corrected chi connectivity index (χ0v) is 21.8. The molecule has 2 aromatic rings. The molecule has 2 aromatic carbocycles. The number of amides is 2. The van der Waals surface area contributed by atoms with Crippen LogP contribution in [-0.2, 0) is 9.47 Å². The molecule has 37 heavy (non-hydrogen) atoms. The molecule has 1 fully saturated rings.